The van der Waals surface area contributed by atoms with Crippen LogP contribution >= 0.6 is 0 Å². The maximum atomic E-state index is 6.08. The van der Waals surface area contributed by atoms with Crippen LogP contribution in [-0.2, 0) is 16.8 Å². The van der Waals surface area contributed by atoms with Crippen LogP contribution < -0.4 is 4.74 Å². The van der Waals surface area contributed by atoms with Gasteiger partial charge in [-0.1, -0.05) is 74.5 Å². The lowest BCUT2D eigenvalue weighted by Crippen LogP contribution is -2.24. The summed E-state index contributed by atoms with van der Waals surface area (Å²) in [7, 11) is 0. The van der Waals surface area contributed by atoms with Crippen LogP contribution in [0.2, 0.25) is 0 Å². The summed E-state index contributed by atoms with van der Waals surface area (Å²) in [5.41, 5.74) is 4.89. The summed E-state index contributed by atoms with van der Waals surface area (Å²) < 4.78 is 12.0. The summed E-state index contributed by atoms with van der Waals surface area (Å²) in [5.74, 6) is 1.66. The SMILES string of the molecule is C/C=C(\C)c1ccc(C(C)(C)COCc2cccc(Oc3ccccc3)c2)cc1. The summed E-state index contributed by atoms with van der Waals surface area (Å²) in [4.78, 5) is 0. The quantitative estimate of drug-likeness (QED) is 0.401. The number of hydrogen-bond donors (Lipinski definition) is 0. The second kappa shape index (κ2) is 9.58. The van der Waals surface area contributed by atoms with Gasteiger partial charge in [0.1, 0.15) is 11.5 Å². The molecule has 0 aliphatic rings. The second-order valence-corrected chi connectivity index (χ2v) is 7.99. The van der Waals surface area contributed by atoms with E-state index in [0.717, 1.165) is 17.1 Å². The smallest absolute Gasteiger partial charge is 0.127 e. The van der Waals surface area contributed by atoms with Gasteiger partial charge in [0.25, 0.3) is 0 Å². The van der Waals surface area contributed by atoms with Gasteiger partial charge in [-0.2, -0.15) is 0 Å². The van der Waals surface area contributed by atoms with Crippen LogP contribution in [0, 0.1) is 0 Å². The van der Waals surface area contributed by atoms with Crippen molar-refractivity contribution in [1.82, 2.24) is 0 Å². The fourth-order valence-electron chi connectivity index (χ4n) is 3.18. The van der Waals surface area contributed by atoms with Crippen molar-refractivity contribution in [2.24, 2.45) is 0 Å². The van der Waals surface area contributed by atoms with Gasteiger partial charge in [0, 0.05) is 5.41 Å². The van der Waals surface area contributed by atoms with Gasteiger partial charge in [0.15, 0.2) is 0 Å². The Balaban J connectivity index is 1.58. The van der Waals surface area contributed by atoms with Crippen LogP contribution in [-0.4, -0.2) is 6.61 Å². The van der Waals surface area contributed by atoms with Gasteiger partial charge in [-0.15, -0.1) is 0 Å². The Morgan fingerprint density at radius 1 is 0.862 bits per heavy atom. The minimum absolute atomic E-state index is 0.0550. The van der Waals surface area contributed by atoms with E-state index in [4.69, 9.17) is 9.47 Å². The maximum Gasteiger partial charge on any atom is 0.127 e. The van der Waals surface area contributed by atoms with E-state index in [2.05, 4.69) is 64.1 Å². The van der Waals surface area contributed by atoms with Gasteiger partial charge in [-0.3, -0.25) is 0 Å². The zero-order valence-electron chi connectivity index (χ0n) is 17.8. The maximum absolute atomic E-state index is 6.08. The molecule has 0 radical (unpaired) electrons. The molecule has 0 bridgehead atoms. The van der Waals surface area contributed by atoms with E-state index in [0.29, 0.717) is 13.2 Å². The first-order chi connectivity index (χ1) is 14.0. The van der Waals surface area contributed by atoms with E-state index in [9.17, 15) is 0 Å². The van der Waals surface area contributed by atoms with Gasteiger partial charge >= 0.3 is 0 Å². The van der Waals surface area contributed by atoms with Crippen LogP contribution in [0.5, 0.6) is 11.5 Å². The molecule has 2 nitrogen and oxygen atoms in total. The normalized spacial score (nSPS) is 12.1. The van der Waals surface area contributed by atoms with Crippen molar-refractivity contribution in [3.63, 3.8) is 0 Å². The molecule has 29 heavy (non-hydrogen) atoms. The molecule has 0 aliphatic carbocycles. The van der Waals surface area contributed by atoms with Crippen molar-refractivity contribution >= 4 is 5.57 Å². The first-order valence-corrected chi connectivity index (χ1v) is 10.1. The highest BCUT2D eigenvalue weighted by atomic mass is 16.5. The van der Waals surface area contributed by atoms with Gasteiger partial charge in [-0.25, -0.2) is 0 Å². The van der Waals surface area contributed by atoms with E-state index in [1.807, 2.05) is 48.5 Å². The number of para-hydroxylation sites is 1. The number of benzene rings is 3. The fourth-order valence-corrected chi connectivity index (χ4v) is 3.18. The molecule has 0 fully saturated rings. The highest BCUT2D eigenvalue weighted by Gasteiger charge is 2.21. The molecule has 0 N–H and O–H groups in total. The van der Waals surface area contributed by atoms with E-state index < -0.39 is 0 Å². The Labute approximate surface area is 174 Å². The minimum Gasteiger partial charge on any atom is -0.457 e. The Hall–Kier alpha value is -2.84. The second-order valence-electron chi connectivity index (χ2n) is 7.99. The number of allylic oxidation sites excluding steroid dienone is 2. The summed E-state index contributed by atoms with van der Waals surface area (Å²) >= 11 is 0. The summed E-state index contributed by atoms with van der Waals surface area (Å²) in [5, 5.41) is 0. The lowest BCUT2D eigenvalue weighted by atomic mass is 9.85. The zero-order chi connectivity index (χ0) is 20.7. The molecule has 0 aliphatic heterocycles. The van der Waals surface area contributed by atoms with E-state index in [1.165, 1.54) is 16.7 Å². The minimum atomic E-state index is -0.0550. The van der Waals surface area contributed by atoms with Gasteiger partial charge in [0.2, 0.25) is 0 Å². The summed E-state index contributed by atoms with van der Waals surface area (Å²) in [6.45, 7) is 9.86. The molecule has 0 heterocycles. The molecule has 3 aromatic carbocycles. The van der Waals surface area contributed by atoms with Crippen molar-refractivity contribution < 1.29 is 9.47 Å². The van der Waals surface area contributed by atoms with Crippen LogP contribution in [0.3, 0.4) is 0 Å². The van der Waals surface area contributed by atoms with Crippen molar-refractivity contribution in [3.8, 4) is 11.5 Å². The van der Waals surface area contributed by atoms with Crippen LogP contribution in [0.25, 0.3) is 5.57 Å². The molecule has 0 saturated heterocycles. The Morgan fingerprint density at radius 2 is 1.55 bits per heavy atom. The summed E-state index contributed by atoms with van der Waals surface area (Å²) in [6.07, 6.45) is 2.14. The van der Waals surface area contributed by atoms with Crippen LogP contribution in [0.1, 0.15) is 44.4 Å². The lowest BCUT2D eigenvalue weighted by molar-refractivity contribution is 0.0824. The first-order valence-electron chi connectivity index (χ1n) is 10.1. The number of hydrogen-bond acceptors (Lipinski definition) is 2. The Kier molecular flexibility index (Phi) is 6.90. The Bertz CT molecular complexity index is 938. The Morgan fingerprint density at radius 3 is 2.24 bits per heavy atom. The third-order valence-corrected chi connectivity index (χ3v) is 5.16. The monoisotopic (exact) mass is 386 g/mol. The average molecular weight is 387 g/mol. The van der Waals surface area contributed by atoms with Gasteiger partial charge in [-0.05, 0) is 60.4 Å². The largest absolute Gasteiger partial charge is 0.457 e. The van der Waals surface area contributed by atoms with Gasteiger partial charge < -0.3 is 9.47 Å². The average Bonchev–Trinajstić information content (AvgIpc) is 2.74. The molecular formula is C27H30O2. The lowest BCUT2D eigenvalue weighted by Gasteiger charge is -2.25. The molecular weight excluding hydrogens is 356 g/mol. The molecule has 2 heteroatoms. The highest BCUT2D eigenvalue weighted by Crippen LogP contribution is 2.27. The number of ether oxygens (including phenoxy) is 2. The molecule has 0 amide bonds. The predicted molar refractivity (Wildman–Crippen MR) is 121 cm³/mol. The molecule has 3 aromatic rings. The van der Waals surface area contributed by atoms with E-state index in [1.54, 1.807) is 0 Å². The molecule has 0 spiro atoms. The third kappa shape index (κ3) is 5.82. The molecule has 150 valence electrons. The van der Waals surface area contributed by atoms with E-state index in [-0.39, 0.29) is 5.41 Å². The molecule has 0 saturated carbocycles. The molecule has 0 aromatic heterocycles. The molecule has 0 unspecified atom stereocenters. The van der Waals surface area contributed by atoms with Crippen molar-refractivity contribution in [2.45, 2.75) is 39.7 Å². The standard InChI is InChI=1S/C27H30O2/c1-5-21(2)23-14-16-24(17-15-23)27(3,4)20-28-19-22-10-9-13-26(18-22)29-25-11-7-6-8-12-25/h5-18H,19-20H2,1-4H3/b21-5+. The highest BCUT2D eigenvalue weighted by molar-refractivity contribution is 5.63. The van der Waals surface area contributed by atoms with Crippen molar-refractivity contribution in [3.05, 3.63) is 102 Å². The van der Waals surface area contributed by atoms with Crippen molar-refractivity contribution in [1.29, 1.82) is 0 Å². The van der Waals surface area contributed by atoms with Crippen LogP contribution in [0.15, 0.2) is 84.9 Å². The fraction of sp³-hybridized carbons (Fsp3) is 0.259. The molecule has 0 atom stereocenters. The van der Waals surface area contributed by atoms with Gasteiger partial charge in [0.05, 0.1) is 13.2 Å². The number of rotatable bonds is 8. The topological polar surface area (TPSA) is 18.5 Å². The third-order valence-electron chi connectivity index (χ3n) is 5.16. The van der Waals surface area contributed by atoms with Crippen molar-refractivity contribution in [2.75, 3.05) is 6.61 Å². The first kappa shape index (κ1) is 20.9. The predicted octanol–water partition coefficient (Wildman–Crippen LogP) is 7.40. The van der Waals surface area contributed by atoms with Crippen LogP contribution in [0.4, 0.5) is 0 Å². The zero-order valence-corrected chi connectivity index (χ0v) is 17.8. The molecule has 3 rings (SSSR count). The summed E-state index contributed by atoms with van der Waals surface area (Å²) in [6, 6.07) is 26.7. The van der Waals surface area contributed by atoms with E-state index >= 15 is 0 Å².